The van der Waals surface area contributed by atoms with Gasteiger partial charge in [-0.1, -0.05) is 13.8 Å². The van der Waals surface area contributed by atoms with Gasteiger partial charge in [-0.2, -0.15) is 13.2 Å². The first-order valence-electron chi connectivity index (χ1n) is 6.58. The molecule has 21 heavy (non-hydrogen) atoms. The molecule has 0 spiro atoms. The van der Waals surface area contributed by atoms with Gasteiger partial charge in [-0.05, 0) is 6.42 Å². The molecule has 1 heterocycles. The second kappa shape index (κ2) is 6.21. The van der Waals surface area contributed by atoms with Gasteiger partial charge in [-0.3, -0.25) is 9.59 Å². The van der Waals surface area contributed by atoms with Crippen molar-refractivity contribution in [2.45, 2.75) is 51.4 Å². The number of carbonyl (C=O) groups excluding carboxylic acids is 1. The zero-order valence-electron chi connectivity index (χ0n) is 12.2. The van der Waals surface area contributed by atoms with Crippen molar-refractivity contribution in [2.75, 3.05) is 13.7 Å². The van der Waals surface area contributed by atoms with E-state index in [1.807, 2.05) is 0 Å². The summed E-state index contributed by atoms with van der Waals surface area (Å²) in [5.74, 6) is -1.78. The van der Waals surface area contributed by atoms with Gasteiger partial charge in [-0.25, -0.2) is 0 Å². The number of hydrogen-bond donors (Lipinski definition) is 1. The number of likely N-dealkylation sites (tertiary alicyclic amines) is 1. The largest absolute Gasteiger partial charge is 0.481 e. The number of ether oxygens (including phenoxy) is 1. The van der Waals surface area contributed by atoms with Crippen LogP contribution in [-0.4, -0.2) is 53.9 Å². The predicted molar refractivity (Wildman–Crippen MR) is 67.6 cm³/mol. The van der Waals surface area contributed by atoms with Gasteiger partial charge in [0.15, 0.2) is 0 Å². The SMILES string of the molecule is COC1CC(CC(=O)O)N(C(=O)CC(C)(C)C(F)(F)F)C1. The number of alkyl halides is 3. The molecule has 1 amide bonds. The molecule has 0 saturated carbocycles. The number of carboxylic acids is 1. The Labute approximate surface area is 121 Å². The van der Waals surface area contributed by atoms with Crippen LogP contribution in [0.1, 0.15) is 33.1 Å². The average molecular weight is 311 g/mol. The topological polar surface area (TPSA) is 66.8 Å². The van der Waals surface area contributed by atoms with E-state index < -0.39 is 35.9 Å². The highest BCUT2D eigenvalue weighted by Crippen LogP contribution is 2.41. The number of hydrogen-bond acceptors (Lipinski definition) is 3. The monoisotopic (exact) mass is 311 g/mol. The fourth-order valence-electron chi connectivity index (χ4n) is 2.32. The zero-order chi connectivity index (χ0) is 16.4. The first-order chi connectivity index (χ1) is 9.48. The average Bonchev–Trinajstić information content (AvgIpc) is 2.69. The fraction of sp³-hybridized carbons (Fsp3) is 0.846. The highest BCUT2D eigenvalue weighted by Gasteiger charge is 2.50. The lowest BCUT2D eigenvalue weighted by Gasteiger charge is -2.31. The van der Waals surface area contributed by atoms with Crippen molar-refractivity contribution >= 4 is 11.9 Å². The molecule has 1 N–H and O–H groups in total. The number of halogens is 3. The summed E-state index contributed by atoms with van der Waals surface area (Å²) in [6, 6.07) is -0.621. The zero-order valence-corrected chi connectivity index (χ0v) is 12.2. The number of rotatable bonds is 5. The predicted octanol–water partition coefficient (Wildman–Crippen LogP) is 2.06. The van der Waals surface area contributed by atoms with E-state index in [9.17, 15) is 22.8 Å². The van der Waals surface area contributed by atoms with Crippen LogP contribution in [-0.2, 0) is 14.3 Å². The van der Waals surface area contributed by atoms with Gasteiger partial charge < -0.3 is 14.7 Å². The van der Waals surface area contributed by atoms with E-state index >= 15 is 0 Å². The Hall–Kier alpha value is -1.31. The summed E-state index contributed by atoms with van der Waals surface area (Å²) in [5, 5.41) is 8.84. The molecule has 1 saturated heterocycles. The molecule has 0 radical (unpaired) electrons. The molecule has 0 aromatic heterocycles. The maximum absolute atomic E-state index is 12.8. The van der Waals surface area contributed by atoms with Crippen LogP contribution in [0.15, 0.2) is 0 Å². The van der Waals surface area contributed by atoms with E-state index in [0.29, 0.717) is 6.42 Å². The van der Waals surface area contributed by atoms with E-state index in [2.05, 4.69) is 0 Å². The van der Waals surface area contributed by atoms with Crippen molar-refractivity contribution in [3.8, 4) is 0 Å². The van der Waals surface area contributed by atoms with Gasteiger partial charge in [-0.15, -0.1) is 0 Å². The second-order valence-electron chi connectivity index (χ2n) is 5.95. The minimum atomic E-state index is -4.49. The van der Waals surface area contributed by atoms with Crippen LogP contribution in [0, 0.1) is 5.41 Å². The highest BCUT2D eigenvalue weighted by atomic mass is 19.4. The molecule has 1 rings (SSSR count). The quantitative estimate of drug-likeness (QED) is 0.844. The molecule has 8 heteroatoms. The molecule has 1 aliphatic heterocycles. The molecule has 122 valence electrons. The lowest BCUT2D eigenvalue weighted by atomic mass is 9.88. The molecule has 0 aromatic rings. The van der Waals surface area contributed by atoms with Gasteiger partial charge in [0.25, 0.3) is 0 Å². The van der Waals surface area contributed by atoms with Crippen molar-refractivity contribution < 1.29 is 32.6 Å². The summed E-state index contributed by atoms with van der Waals surface area (Å²) in [5.41, 5.74) is -2.15. The summed E-state index contributed by atoms with van der Waals surface area (Å²) in [4.78, 5) is 24.1. The maximum atomic E-state index is 12.8. The van der Waals surface area contributed by atoms with Crippen LogP contribution in [0.2, 0.25) is 0 Å². The first-order valence-corrected chi connectivity index (χ1v) is 6.58. The van der Waals surface area contributed by atoms with Crippen LogP contribution < -0.4 is 0 Å². The molecule has 0 aliphatic carbocycles. The van der Waals surface area contributed by atoms with Crippen molar-refractivity contribution in [1.82, 2.24) is 4.90 Å². The molecular weight excluding hydrogens is 291 g/mol. The maximum Gasteiger partial charge on any atom is 0.394 e. The number of nitrogens with zero attached hydrogens (tertiary/aromatic N) is 1. The number of carbonyl (C=O) groups is 2. The third-order valence-electron chi connectivity index (χ3n) is 3.80. The van der Waals surface area contributed by atoms with Crippen LogP contribution in [0.25, 0.3) is 0 Å². The van der Waals surface area contributed by atoms with Crippen LogP contribution in [0.4, 0.5) is 13.2 Å². The van der Waals surface area contributed by atoms with E-state index in [-0.39, 0.29) is 19.1 Å². The van der Waals surface area contributed by atoms with Crippen molar-refractivity contribution in [3.63, 3.8) is 0 Å². The van der Waals surface area contributed by atoms with Gasteiger partial charge in [0.05, 0.1) is 17.9 Å². The number of methoxy groups -OCH3 is 1. The molecule has 2 atom stereocenters. The van der Waals surface area contributed by atoms with E-state index in [0.717, 1.165) is 13.8 Å². The Morgan fingerprint density at radius 2 is 1.90 bits per heavy atom. The Kier molecular flexibility index (Phi) is 5.25. The van der Waals surface area contributed by atoms with Crippen molar-refractivity contribution in [1.29, 1.82) is 0 Å². The summed E-state index contributed by atoms with van der Waals surface area (Å²) in [7, 11) is 1.43. The Morgan fingerprint density at radius 3 is 2.33 bits per heavy atom. The van der Waals surface area contributed by atoms with Gasteiger partial charge in [0.1, 0.15) is 0 Å². The molecular formula is C13H20F3NO4. The Balaban J connectivity index is 2.81. The highest BCUT2D eigenvalue weighted by molar-refractivity contribution is 5.79. The molecule has 1 fully saturated rings. The summed E-state index contributed by atoms with van der Waals surface area (Å²) in [6.07, 6.45) is -5.51. The summed E-state index contributed by atoms with van der Waals surface area (Å²) in [6.45, 7) is 2.04. The van der Waals surface area contributed by atoms with Crippen molar-refractivity contribution in [2.24, 2.45) is 5.41 Å². The molecule has 5 nitrogen and oxygen atoms in total. The molecule has 1 aliphatic rings. The number of amides is 1. The first kappa shape index (κ1) is 17.7. The molecule has 0 aromatic carbocycles. The minimum Gasteiger partial charge on any atom is -0.481 e. The minimum absolute atomic E-state index is 0.126. The van der Waals surface area contributed by atoms with Crippen LogP contribution in [0.3, 0.4) is 0 Å². The second-order valence-corrected chi connectivity index (χ2v) is 5.95. The lowest BCUT2D eigenvalue weighted by molar-refractivity contribution is -0.215. The van der Waals surface area contributed by atoms with Gasteiger partial charge >= 0.3 is 12.1 Å². The van der Waals surface area contributed by atoms with E-state index in [1.54, 1.807) is 0 Å². The van der Waals surface area contributed by atoms with Gasteiger partial charge in [0.2, 0.25) is 5.91 Å². The van der Waals surface area contributed by atoms with E-state index in [4.69, 9.17) is 9.84 Å². The lowest BCUT2D eigenvalue weighted by Crippen LogP contribution is -2.43. The number of aliphatic carboxylic acids is 1. The normalized spacial score (nSPS) is 23.4. The molecule has 2 unspecified atom stereocenters. The van der Waals surface area contributed by atoms with Crippen LogP contribution >= 0.6 is 0 Å². The van der Waals surface area contributed by atoms with Gasteiger partial charge in [0, 0.05) is 26.1 Å². The summed E-state index contributed by atoms with van der Waals surface area (Å²) < 4.78 is 43.6. The fourth-order valence-corrected chi connectivity index (χ4v) is 2.32. The smallest absolute Gasteiger partial charge is 0.394 e. The van der Waals surface area contributed by atoms with Crippen LogP contribution in [0.5, 0.6) is 0 Å². The molecule has 0 bridgehead atoms. The van der Waals surface area contributed by atoms with E-state index in [1.165, 1.54) is 12.0 Å². The van der Waals surface area contributed by atoms with Crippen molar-refractivity contribution in [3.05, 3.63) is 0 Å². The Bertz CT molecular complexity index is 409. The third-order valence-corrected chi connectivity index (χ3v) is 3.80. The third kappa shape index (κ3) is 4.33. The Morgan fingerprint density at radius 1 is 1.33 bits per heavy atom. The standard InChI is InChI=1S/C13H20F3NO4/c1-12(2,13(14,15)16)6-10(18)17-7-9(21-3)4-8(17)5-11(19)20/h8-9H,4-7H2,1-3H3,(H,19,20). The number of carboxylic acid groups (broad SMARTS) is 1. The summed E-state index contributed by atoms with van der Waals surface area (Å²) >= 11 is 0.